The van der Waals surface area contributed by atoms with Crippen LogP contribution < -0.4 is 14.5 Å². The Bertz CT molecular complexity index is 1170. The predicted octanol–water partition coefficient (Wildman–Crippen LogP) is 2.77. The molecule has 1 aliphatic heterocycles. The summed E-state index contributed by atoms with van der Waals surface area (Å²) in [6, 6.07) is 12.4. The van der Waals surface area contributed by atoms with Crippen molar-refractivity contribution in [2.75, 3.05) is 43.1 Å². The molecule has 0 saturated carbocycles. The molecule has 1 saturated heterocycles. The highest BCUT2D eigenvalue weighted by Crippen LogP contribution is 2.25. The standard InChI is InChI=1S/C22H25N7O/c1-16-14-21(29-20(24-16)15-19(25-29)22-23-8-9-26(22)2)28-12-10-27(11-13-28)17-4-6-18(30-3)7-5-17/h4-9,14-15H,10-13H2,1-3H3. The van der Waals surface area contributed by atoms with Gasteiger partial charge in [0.05, 0.1) is 7.11 Å². The lowest BCUT2D eigenvalue weighted by atomic mass is 10.2. The van der Waals surface area contributed by atoms with Crippen molar-refractivity contribution in [1.29, 1.82) is 0 Å². The van der Waals surface area contributed by atoms with Gasteiger partial charge in [0, 0.05) is 69.1 Å². The van der Waals surface area contributed by atoms with Gasteiger partial charge in [-0.2, -0.15) is 9.61 Å². The van der Waals surface area contributed by atoms with Crippen LogP contribution in [0.3, 0.4) is 0 Å². The van der Waals surface area contributed by atoms with Crippen LogP contribution >= 0.6 is 0 Å². The molecule has 8 nitrogen and oxygen atoms in total. The number of imidazole rings is 1. The molecule has 8 heteroatoms. The molecule has 0 N–H and O–H groups in total. The monoisotopic (exact) mass is 403 g/mol. The lowest BCUT2D eigenvalue weighted by Crippen LogP contribution is -2.47. The van der Waals surface area contributed by atoms with Gasteiger partial charge in [-0.05, 0) is 31.2 Å². The molecule has 0 atom stereocenters. The Balaban J connectivity index is 1.41. The van der Waals surface area contributed by atoms with Crippen molar-refractivity contribution >= 4 is 17.2 Å². The third kappa shape index (κ3) is 3.24. The molecule has 30 heavy (non-hydrogen) atoms. The molecule has 0 unspecified atom stereocenters. The summed E-state index contributed by atoms with van der Waals surface area (Å²) >= 11 is 0. The van der Waals surface area contributed by atoms with E-state index < -0.39 is 0 Å². The summed E-state index contributed by atoms with van der Waals surface area (Å²) in [5.74, 6) is 2.80. The van der Waals surface area contributed by atoms with E-state index in [1.165, 1.54) is 5.69 Å². The van der Waals surface area contributed by atoms with Gasteiger partial charge in [-0.25, -0.2) is 9.97 Å². The maximum absolute atomic E-state index is 5.27. The van der Waals surface area contributed by atoms with Gasteiger partial charge in [0.25, 0.3) is 0 Å². The van der Waals surface area contributed by atoms with Crippen molar-refractivity contribution < 1.29 is 4.74 Å². The fourth-order valence-corrected chi connectivity index (χ4v) is 4.01. The fourth-order valence-electron chi connectivity index (χ4n) is 4.01. The number of hydrogen-bond acceptors (Lipinski definition) is 6. The number of ether oxygens (including phenoxy) is 1. The number of nitrogens with zero attached hydrogens (tertiary/aromatic N) is 7. The second-order valence-corrected chi connectivity index (χ2v) is 7.59. The summed E-state index contributed by atoms with van der Waals surface area (Å²) in [5.41, 5.74) is 3.89. The van der Waals surface area contributed by atoms with Crippen LogP contribution in [0.5, 0.6) is 5.75 Å². The van der Waals surface area contributed by atoms with E-state index in [1.54, 1.807) is 13.3 Å². The lowest BCUT2D eigenvalue weighted by molar-refractivity contribution is 0.415. The second kappa shape index (κ2) is 7.37. The van der Waals surface area contributed by atoms with E-state index in [0.717, 1.165) is 60.6 Å². The number of hydrogen-bond donors (Lipinski definition) is 0. The Morgan fingerprint density at radius 3 is 2.37 bits per heavy atom. The first-order valence-electron chi connectivity index (χ1n) is 10.1. The van der Waals surface area contributed by atoms with Gasteiger partial charge in [0.1, 0.15) is 17.3 Å². The molecule has 1 aliphatic rings. The van der Waals surface area contributed by atoms with Crippen molar-refractivity contribution in [3.8, 4) is 17.3 Å². The minimum Gasteiger partial charge on any atom is -0.497 e. The highest BCUT2D eigenvalue weighted by molar-refractivity contribution is 5.62. The zero-order chi connectivity index (χ0) is 20.7. The first kappa shape index (κ1) is 18.5. The van der Waals surface area contributed by atoms with Crippen LogP contribution in [0.25, 0.3) is 17.2 Å². The Labute approximate surface area is 175 Å². The number of fused-ring (bicyclic) bond motifs is 1. The number of rotatable bonds is 4. The van der Waals surface area contributed by atoms with E-state index in [9.17, 15) is 0 Å². The molecule has 154 valence electrons. The van der Waals surface area contributed by atoms with Gasteiger partial charge < -0.3 is 19.1 Å². The summed E-state index contributed by atoms with van der Waals surface area (Å²) in [6.45, 7) is 5.76. The quantitative estimate of drug-likeness (QED) is 0.522. The van der Waals surface area contributed by atoms with E-state index in [4.69, 9.17) is 9.84 Å². The zero-order valence-corrected chi connectivity index (χ0v) is 17.5. The topological polar surface area (TPSA) is 63.7 Å². The molecule has 4 aromatic rings. The number of aryl methyl sites for hydroxylation is 2. The third-order valence-corrected chi connectivity index (χ3v) is 5.63. The van der Waals surface area contributed by atoms with Crippen molar-refractivity contribution in [3.05, 3.63) is 54.5 Å². The molecule has 0 radical (unpaired) electrons. The smallest absolute Gasteiger partial charge is 0.160 e. The molecule has 3 aromatic heterocycles. The maximum atomic E-state index is 5.27. The number of piperazine rings is 1. The van der Waals surface area contributed by atoms with Crippen LogP contribution in [0, 0.1) is 6.92 Å². The van der Waals surface area contributed by atoms with Crippen LogP contribution in [-0.4, -0.2) is 57.4 Å². The molecule has 0 bridgehead atoms. The van der Waals surface area contributed by atoms with Crippen LogP contribution in [0.1, 0.15) is 5.69 Å². The van der Waals surface area contributed by atoms with Gasteiger partial charge >= 0.3 is 0 Å². The van der Waals surface area contributed by atoms with Gasteiger partial charge in [-0.3, -0.25) is 0 Å². The Morgan fingerprint density at radius 1 is 0.967 bits per heavy atom. The van der Waals surface area contributed by atoms with Crippen molar-refractivity contribution in [2.24, 2.45) is 7.05 Å². The van der Waals surface area contributed by atoms with Gasteiger partial charge in [0.2, 0.25) is 0 Å². The maximum Gasteiger partial charge on any atom is 0.160 e. The summed E-state index contributed by atoms with van der Waals surface area (Å²) in [6.07, 6.45) is 3.72. The van der Waals surface area contributed by atoms with Gasteiger partial charge in [0.15, 0.2) is 11.5 Å². The third-order valence-electron chi connectivity index (χ3n) is 5.63. The highest BCUT2D eigenvalue weighted by Gasteiger charge is 2.21. The number of anilines is 2. The predicted molar refractivity (Wildman–Crippen MR) is 117 cm³/mol. The molecular weight excluding hydrogens is 378 g/mol. The zero-order valence-electron chi connectivity index (χ0n) is 17.5. The Morgan fingerprint density at radius 2 is 1.70 bits per heavy atom. The molecule has 1 fully saturated rings. The van der Waals surface area contributed by atoms with Crippen LogP contribution in [0.2, 0.25) is 0 Å². The minimum absolute atomic E-state index is 0.832. The summed E-state index contributed by atoms with van der Waals surface area (Å²) in [4.78, 5) is 13.9. The van der Waals surface area contributed by atoms with E-state index in [0.29, 0.717) is 0 Å². The molecule has 0 aliphatic carbocycles. The summed E-state index contributed by atoms with van der Waals surface area (Å²) < 4.78 is 9.19. The highest BCUT2D eigenvalue weighted by atomic mass is 16.5. The van der Waals surface area contributed by atoms with Crippen LogP contribution in [0.15, 0.2) is 48.8 Å². The normalized spacial score (nSPS) is 14.5. The Hall–Kier alpha value is -3.55. The first-order chi connectivity index (χ1) is 14.6. The van der Waals surface area contributed by atoms with Crippen LogP contribution in [0.4, 0.5) is 11.5 Å². The van der Waals surface area contributed by atoms with Crippen molar-refractivity contribution in [3.63, 3.8) is 0 Å². The van der Waals surface area contributed by atoms with Gasteiger partial charge in [-0.1, -0.05) is 0 Å². The van der Waals surface area contributed by atoms with Crippen molar-refractivity contribution in [1.82, 2.24) is 24.1 Å². The average molecular weight is 403 g/mol. The first-order valence-corrected chi connectivity index (χ1v) is 10.1. The Kier molecular flexibility index (Phi) is 4.54. The average Bonchev–Trinajstić information content (AvgIpc) is 3.39. The molecule has 0 spiro atoms. The SMILES string of the molecule is COc1ccc(N2CCN(c3cc(C)nc4cc(-c5nccn5C)nn34)CC2)cc1. The van der Waals surface area contributed by atoms with E-state index >= 15 is 0 Å². The van der Waals surface area contributed by atoms with Gasteiger partial charge in [-0.15, -0.1) is 0 Å². The van der Waals surface area contributed by atoms with E-state index in [2.05, 4.69) is 38.0 Å². The number of benzene rings is 1. The minimum atomic E-state index is 0.832. The summed E-state index contributed by atoms with van der Waals surface area (Å²) in [7, 11) is 3.67. The van der Waals surface area contributed by atoms with E-state index in [-0.39, 0.29) is 0 Å². The largest absolute Gasteiger partial charge is 0.497 e. The number of methoxy groups -OCH3 is 1. The lowest BCUT2D eigenvalue weighted by Gasteiger charge is -2.37. The summed E-state index contributed by atoms with van der Waals surface area (Å²) in [5, 5.41) is 4.83. The van der Waals surface area contributed by atoms with E-state index in [1.807, 2.05) is 47.4 Å². The molecule has 5 rings (SSSR count). The fraction of sp³-hybridized carbons (Fsp3) is 0.318. The molecule has 1 aromatic carbocycles. The number of aromatic nitrogens is 5. The molecule has 4 heterocycles. The molecular formula is C22H25N7O. The second-order valence-electron chi connectivity index (χ2n) is 7.59. The van der Waals surface area contributed by atoms with Crippen LogP contribution in [-0.2, 0) is 7.05 Å². The molecule has 0 amide bonds. The van der Waals surface area contributed by atoms with Crippen molar-refractivity contribution in [2.45, 2.75) is 6.92 Å².